The normalized spacial score (nSPS) is 11.4. The Bertz CT molecular complexity index is 1050. The van der Waals surface area contributed by atoms with Gasteiger partial charge in [0.25, 0.3) is 11.8 Å². The van der Waals surface area contributed by atoms with Crippen LogP contribution in [-0.4, -0.2) is 42.0 Å². The van der Waals surface area contributed by atoms with Crippen LogP contribution in [-0.2, 0) is 10.9 Å². The third-order valence-corrected chi connectivity index (χ3v) is 4.08. The van der Waals surface area contributed by atoms with Gasteiger partial charge < -0.3 is 20.4 Å². The van der Waals surface area contributed by atoms with Gasteiger partial charge in [0, 0.05) is 30.8 Å². The van der Waals surface area contributed by atoms with E-state index in [9.17, 15) is 22.8 Å². The van der Waals surface area contributed by atoms with E-state index < -0.39 is 17.6 Å². The molecule has 0 fully saturated rings. The highest BCUT2D eigenvalue weighted by Gasteiger charge is 2.30. The number of H-pyrrole nitrogens is 1. The molecule has 7 nitrogen and oxygen atoms in total. The van der Waals surface area contributed by atoms with Gasteiger partial charge in [-0.05, 0) is 24.3 Å². The van der Waals surface area contributed by atoms with E-state index in [1.54, 1.807) is 0 Å². The molecule has 0 aliphatic rings. The van der Waals surface area contributed by atoms with E-state index in [2.05, 4.69) is 20.6 Å². The number of ether oxygens (including phenoxy) is 1. The number of carbonyl (C=O) groups is 2. The second-order valence-electron chi connectivity index (χ2n) is 6.10. The summed E-state index contributed by atoms with van der Waals surface area (Å²) in [6, 6.07) is 5.62. The van der Waals surface area contributed by atoms with Gasteiger partial charge in [-0.3, -0.25) is 9.59 Å². The highest BCUT2D eigenvalue weighted by atomic mass is 19.4. The molecule has 3 N–H and O–H groups in total. The van der Waals surface area contributed by atoms with Gasteiger partial charge in [-0.25, -0.2) is 4.98 Å². The summed E-state index contributed by atoms with van der Waals surface area (Å²) in [5.41, 5.74) is -0.0749. The lowest BCUT2D eigenvalue weighted by Gasteiger charge is -2.09. The summed E-state index contributed by atoms with van der Waals surface area (Å²) in [6.07, 6.45) is -1.72. The van der Waals surface area contributed by atoms with Gasteiger partial charge in [-0.15, -0.1) is 0 Å². The van der Waals surface area contributed by atoms with Crippen LogP contribution < -0.4 is 10.6 Å². The largest absolute Gasteiger partial charge is 0.416 e. The molecule has 3 rings (SSSR count). The van der Waals surface area contributed by atoms with Crippen LogP contribution in [0.3, 0.4) is 0 Å². The van der Waals surface area contributed by atoms with E-state index in [0.29, 0.717) is 29.7 Å². The van der Waals surface area contributed by atoms with Crippen LogP contribution in [0.4, 0.5) is 18.9 Å². The average molecular weight is 406 g/mol. The van der Waals surface area contributed by atoms with Crippen LogP contribution >= 0.6 is 0 Å². The predicted molar refractivity (Wildman–Crippen MR) is 99.7 cm³/mol. The van der Waals surface area contributed by atoms with Crippen LogP contribution in [0.15, 0.2) is 42.7 Å². The fourth-order valence-electron chi connectivity index (χ4n) is 2.66. The zero-order valence-corrected chi connectivity index (χ0v) is 15.3. The Morgan fingerprint density at radius 1 is 1.21 bits per heavy atom. The SMILES string of the molecule is COCCNC(=O)c1c[nH]c2ncc(NC(=O)c3cccc(C(F)(F)F)c3)cc12. The molecule has 2 aromatic heterocycles. The fourth-order valence-corrected chi connectivity index (χ4v) is 2.66. The monoisotopic (exact) mass is 406 g/mol. The fraction of sp³-hybridized carbons (Fsp3) is 0.211. The van der Waals surface area contributed by atoms with E-state index in [1.165, 1.54) is 31.6 Å². The molecule has 0 radical (unpaired) electrons. The molecule has 0 atom stereocenters. The molecule has 3 aromatic rings. The first-order chi connectivity index (χ1) is 13.8. The second-order valence-corrected chi connectivity index (χ2v) is 6.10. The average Bonchev–Trinajstić information content (AvgIpc) is 3.11. The summed E-state index contributed by atoms with van der Waals surface area (Å²) in [4.78, 5) is 31.6. The van der Waals surface area contributed by atoms with Crippen molar-refractivity contribution in [1.29, 1.82) is 0 Å². The highest BCUT2D eigenvalue weighted by Crippen LogP contribution is 2.29. The van der Waals surface area contributed by atoms with Crippen molar-refractivity contribution in [3.63, 3.8) is 0 Å². The number of hydrogen-bond acceptors (Lipinski definition) is 4. The van der Waals surface area contributed by atoms with Crippen molar-refractivity contribution in [3.05, 3.63) is 59.4 Å². The molecule has 29 heavy (non-hydrogen) atoms. The first-order valence-electron chi connectivity index (χ1n) is 8.52. The molecule has 10 heteroatoms. The number of rotatable bonds is 6. The number of nitrogens with zero attached hydrogens (tertiary/aromatic N) is 1. The van der Waals surface area contributed by atoms with Gasteiger partial charge in [0.1, 0.15) is 5.65 Å². The lowest BCUT2D eigenvalue weighted by molar-refractivity contribution is -0.137. The second kappa shape index (κ2) is 8.31. The van der Waals surface area contributed by atoms with Gasteiger partial charge in [-0.1, -0.05) is 6.07 Å². The maximum atomic E-state index is 12.8. The van der Waals surface area contributed by atoms with Crippen molar-refractivity contribution >= 4 is 28.5 Å². The van der Waals surface area contributed by atoms with Gasteiger partial charge in [0.2, 0.25) is 0 Å². The summed E-state index contributed by atoms with van der Waals surface area (Å²) >= 11 is 0. The number of anilines is 1. The van der Waals surface area contributed by atoms with E-state index in [1.807, 2.05) is 0 Å². The first kappa shape index (κ1) is 20.3. The number of carbonyl (C=O) groups excluding carboxylic acids is 2. The Morgan fingerprint density at radius 2 is 2.00 bits per heavy atom. The molecule has 0 spiro atoms. The molecule has 0 saturated heterocycles. The van der Waals surface area contributed by atoms with E-state index in [0.717, 1.165) is 18.2 Å². The number of aromatic amines is 1. The minimum absolute atomic E-state index is 0.147. The Morgan fingerprint density at radius 3 is 2.72 bits per heavy atom. The Hall–Kier alpha value is -3.40. The van der Waals surface area contributed by atoms with Crippen LogP contribution in [0.5, 0.6) is 0 Å². The minimum Gasteiger partial charge on any atom is -0.383 e. The van der Waals surface area contributed by atoms with Crippen LogP contribution in [0, 0.1) is 0 Å². The van der Waals surface area contributed by atoms with Crippen LogP contribution in [0.1, 0.15) is 26.3 Å². The van der Waals surface area contributed by atoms with Crippen molar-refractivity contribution in [1.82, 2.24) is 15.3 Å². The number of amides is 2. The number of aromatic nitrogens is 2. The zero-order valence-electron chi connectivity index (χ0n) is 15.3. The summed E-state index contributed by atoms with van der Waals surface area (Å²) < 4.78 is 43.4. The lowest BCUT2D eigenvalue weighted by Crippen LogP contribution is -2.26. The molecule has 0 aliphatic heterocycles. The first-order valence-corrected chi connectivity index (χ1v) is 8.52. The standard InChI is InChI=1S/C19H17F3N4O3/c1-29-6-5-23-18(28)15-10-25-16-14(15)8-13(9-24-16)26-17(27)11-3-2-4-12(7-11)19(20,21)22/h2-4,7-10H,5-6H2,1H3,(H,23,28)(H,24,25)(H,26,27). The van der Waals surface area contributed by atoms with Crippen molar-refractivity contribution in [2.75, 3.05) is 25.6 Å². The Balaban J connectivity index is 1.81. The summed E-state index contributed by atoms with van der Waals surface area (Å²) in [6.45, 7) is 0.673. The molecule has 2 amide bonds. The number of halogens is 3. The van der Waals surface area contributed by atoms with E-state index in [-0.39, 0.29) is 17.2 Å². The van der Waals surface area contributed by atoms with Crippen LogP contribution in [0.2, 0.25) is 0 Å². The maximum absolute atomic E-state index is 12.8. The predicted octanol–water partition coefficient (Wildman–Crippen LogP) is 3.21. The van der Waals surface area contributed by atoms with Crippen molar-refractivity contribution < 1.29 is 27.5 Å². The third-order valence-electron chi connectivity index (χ3n) is 4.08. The number of pyridine rings is 1. The summed E-state index contributed by atoms with van der Waals surface area (Å²) in [7, 11) is 1.52. The Labute approximate surface area is 163 Å². The molecular formula is C19H17F3N4O3. The highest BCUT2D eigenvalue weighted by molar-refractivity contribution is 6.08. The van der Waals surface area contributed by atoms with Gasteiger partial charge >= 0.3 is 6.18 Å². The number of hydrogen-bond donors (Lipinski definition) is 3. The number of nitrogens with one attached hydrogen (secondary N) is 3. The molecular weight excluding hydrogens is 389 g/mol. The van der Waals surface area contributed by atoms with E-state index in [4.69, 9.17) is 4.74 Å². The van der Waals surface area contributed by atoms with Gasteiger partial charge in [0.05, 0.1) is 29.6 Å². The van der Waals surface area contributed by atoms with Gasteiger partial charge in [-0.2, -0.15) is 13.2 Å². The Kier molecular flexibility index (Phi) is 5.83. The minimum atomic E-state index is -4.55. The number of benzene rings is 1. The number of methoxy groups -OCH3 is 1. The quantitative estimate of drug-likeness (QED) is 0.548. The number of alkyl halides is 3. The molecule has 0 unspecified atom stereocenters. The van der Waals surface area contributed by atoms with Crippen molar-refractivity contribution in [3.8, 4) is 0 Å². The van der Waals surface area contributed by atoms with Crippen molar-refractivity contribution in [2.24, 2.45) is 0 Å². The van der Waals surface area contributed by atoms with E-state index >= 15 is 0 Å². The molecule has 0 saturated carbocycles. The van der Waals surface area contributed by atoms with Crippen molar-refractivity contribution in [2.45, 2.75) is 6.18 Å². The number of fused-ring (bicyclic) bond motifs is 1. The topological polar surface area (TPSA) is 96.1 Å². The summed E-state index contributed by atoms with van der Waals surface area (Å²) in [5.74, 6) is -1.07. The summed E-state index contributed by atoms with van der Waals surface area (Å²) in [5, 5.41) is 5.64. The van der Waals surface area contributed by atoms with Gasteiger partial charge in [0.15, 0.2) is 0 Å². The maximum Gasteiger partial charge on any atom is 0.416 e. The molecule has 1 aromatic carbocycles. The zero-order chi connectivity index (χ0) is 21.0. The molecule has 0 bridgehead atoms. The molecule has 2 heterocycles. The smallest absolute Gasteiger partial charge is 0.383 e. The molecule has 152 valence electrons. The van der Waals surface area contributed by atoms with Crippen LogP contribution in [0.25, 0.3) is 11.0 Å². The lowest BCUT2D eigenvalue weighted by atomic mass is 10.1. The third kappa shape index (κ3) is 4.72. The molecule has 0 aliphatic carbocycles.